The van der Waals surface area contributed by atoms with Crippen LogP contribution in [0.3, 0.4) is 0 Å². The summed E-state index contributed by atoms with van der Waals surface area (Å²) in [5.74, 6) is -0.343. The first-order valence-corrected chi connectivity index (χ1v) is 39.7. The summed E-state index contributed by atoms with van der Waals surface area (Å²) in [4.78, 5) is 110. The molecular formula is C79H157N15O11. The molecule has 5 aliphatic heterocycles. The summed E-state index contributed by atoms with van der Waals surface area (Å²) in [6.07, 6.45) is 9.20. The van der Waals surface area contributed by atoms with Crippen LogP contribution < -0.4 is 48.3 Å². The highest BCUT2D eigenvalue weighted by Gasteiger charge is 2.40. The summed E-state index contributed by atoms with van der Waals surface area (Å²) in [6.45, 7) is 68.0. The standard InChI is InChI=1S/2C18H35N3O3.C17H33N3O3.2C13H27N3O/c1-13(2)21-11-9-18(7,10-12-21)19-15(22)14(3)20(8)16(23)24-17(4,5)6;1-8-14(19-16(23)24-17(4,5)6)15(22)20-18(7)9-11-21(12-10-18)13(2)3;1-12(2)20-10-8-17(7,9-11-20)19-14(21)13(3)18-15(22)23-16(4,5)6;1-10(2)16-8-6-13(4,7-9-16)15-12(17)11(3)14-5;1-5-11(14)12(17)15-13(4)6-8-16(9-7-13)10(2)3/h13-14H,9-12H2,1-8H3,(H,19,22);13-14H,8-12H2,1-7H3,(H,19,23)(H,20,22);12-13H,8-11H2,1-7H3,(H,18,22)(H,19,21);10-11,14H,6-9H2,1-5H3,(H,15,17);10-11H,5-9,14H2,1-4H3,(H,15,17). The molecule has 8 amide bonds. The van der Waals surface area contributed by atoms with Gasteiger partial charge in [0.05, 0.1) is 12.1 Å². The third-order valence-electron chi connectivity index (χ3n) is 21.1. The minimum atomic E-state index is -0.621. The van der Waals surface area contributed by atoms with Crippen molar-refractivity contribution in [1.29, 1.82) is 0 Å². The van der Waals surface area contributed by atoms with E-state index in [9.17, 15) is 38.4 Å². The first-order valence-electron chi connectivity index (χ1n) is 39.7. The topological polar surface area (TPSA) is 306 Å². The molecule has 614 valence electrons. The van der Waals surface area contributed by atoms with Crippen molar-refractivity contribution in [3.8, 4) is 0 Å². The molecule has 5 rings (SSSR count). The van der Waals surface area contributed by atoms with Crippen LogP contribution in [0.4, 0.5) is 14.4 Å². The van der Waals surface area contributed by atoms with Crippen molar-refractivity contribution in [2.75, 3.05) is 79.5 Å². The molecule has 26 heteroatoms. The summed E-state index contributed by atoms with van der Waals surface area (Å²) >= 11 is 0. The number of rotatable bonds is 21. The van der Waals surface area contributed by atoms with E-state index in [2.05, 4.69) is 171 Å². The van der Waals surface area contributed by atoms with Crippen LogP contribution in [-0.2, 0) is 38.2 Å². The van der Waals surface area contributed by atoms with Gasteiger partial charge in [-0.25, -0.2) is 14.4 Å². The second-order valence-electron chi connectivity index (χ2n) is 36.2. The van der Waals surface area contributed by atoms with Crippen LogP contribution in [0.5, 0.6) is 0 Å². The summed E-state index contributed by atoms with van der Waals surface area (Å²) in [7, 11) is 3.41. The van der Waals surface area contributed by atoms with E-state index < -0.39 is 53.2 Å². The Morgan fingerprint density at radius 3 is 0.876 bits per heavy atom. The zero-order valence-corrected chi connectivity index (χ0v) is 72.1. The van der Waals surface area contributed by atoms with Crippen molar-refractivity contribution in [2.45, 2.75) is 383 Å². The number of nitrogens with one attached hydrogen (secondary N) is 8. The van der Waals surface area contributed by atoms with Crippen LogP contribution in [0.2, 0.25) is 0 Å². The highest BCUT2D eigenvalue weighted by atomic mass is 16.6. The van der Waals surface area contributed by atoms with Gasteiger partial charge in [0.15, 0.2) is 0 Å². The van der Waals surface area contributed by atoms with Crippen molar-refractivity contribution in [3.05, 3.63) is 0 Å². The fraction of sp³-hybridized carbons (Fsp3) is 0.899. The molecule has 0 aromatic carbocycles. The predicted molar refractivity (Wildman–Crippen MR) is 425 cm³/mol. The predicted octanol–water partition coefficient (Wildman–Crippen LogP) is 9.64. The molecule has 10 N–H and O–H groups in total. The van der Waals surface area contributed by atoms with E-state index in [4.69, 9.17) is 19.9 Å². The quantitative estimate of drug-likeness (QED) is 0.0483. The van der Waals surface area contributed by atoms with Gasteiger partial charge in [0.25, 0.3) is 0 Å². The maximum atomic E-state index is 12.6. The van der Waals surface area contributed by atoms with Crippen LogP contribution in [0.25, 0.3) is 0 Å². The van der Waals surface area contributed by atoms with E-state index in [1.54, 1.807) is 62.4 Å². The minimum absolute atomic E-state index is 0.00648. The minimum Gasteiger partial charge on any atom is -0.444 e. The zero-order chi connectivity index (χ0) is 81.2. The number of carbonyl (C=O) groups excluding carboxylic acids is 8. The molecule has 5 unspecified atom stereocenters. The molecule has 0 aromatic rings. The monoisotopic (exact) mass is 1490 g/mol. The first-order chi connectivity index (χ1) is 48.0. The molecule has 26 nitrogen and oxygen atoms in total. The summed E-state index contributed by atoms with van der Waals surface area (Å²) in [5.41, 5.74) is 3.27. The largest absolute Gasteiger partial charge is 0.444 e. The molecule has 0 radical (unpaired) electrons. The molecule has 5 atom stereocenters. The van der Waals surface area contributed by atoms with E-state index in [0.29, 0.717) is 43.1 Å². The van der Waals surface area contributed by atoms with E-state index in [1.807, 2.05) is 48.6 Å². The van der Waals surface area contributed by atoms with Gasteiger partial charge in [-0.3, -0.25) is 28.9 Å². The number of amides is 8. The molecule has 0 spiro atoms. The van der Waals surface area contributed by atoms with Crippen molar-refractivity contribution in [1.82, 2.24) is 71.9 Å². The molecule has 5 fully saturated rings. The van der Waals surface area contributed by atoms with Crippen molar-refractivity contribution in [2.24, 2.45) is 5.73 Å². The molecule has 5 aliphatic rings. The van der Waals surface area contributed by atoms with Gasteiger partial charge in [-0.2, -0.15) is 0 Å². The highest BCUT2D eigenvalue weighted by molar-refractivity contribution is 5.87. The van der Waals surface area contributed by atoms with Crippen molar-refractivity contribution in [3.63, 3.8) is 0 Å². The Hall–Kier alpha value is -5.12. The Balaban J connectivity index is 0.000000661. The zero-order valence-electron chi connectivity index (χ0n) is 72.1. The number of alkyl carbamates (subject to hydrolysis) is 2. The third kappa shape index (κ3) is 37.7. The van der Waals surface area contributed by atoms with Crippen LogP contribution in [-0.4, -0.2) is 262 Å². The average molecular weight is 1490 g/mol. The molecule has 0 aliphatic carbocycles. The van der Waals surface area contributed by atoms with Gasteiger partial charge in [0.2, 0.25) is 29.5 Å². The maximum Gasteiger partial charge on any atom is 0.410 e. The fourth-order valence-electron chi connectivity index (χ4n) is 12.6. The van der Waals surface area contributed by atoms with E-state index >= 15 is 0 Å². The van der Waals surface area contributed by atoms with E-state index in [-0.39, 0.29) is 69.3 Å². The fourth-order valence-corrected chi connectivity index (χ4v) is 12.6. The second kappa shape index (κ2) is 43.3. The molecule has 0 saturated carbocycles. The normalized spacial score (nSPS) is 20.7. The Morgan fingerprint density at radius 2 is 0.629 bits per heavy atom. The number of nitrogens with two attached hydrogens (primary N) is 1. The van der Waals surface area contributed by atoms with Gasteiger partial charge in [-0.1, -0.05) is 13.8 Å². The van der Waals surface area contributed by atoms with Gasteiger partial charge < -0.3 is 87.0 Å². The Bertz CT molecular complexity index is 2530. The Kier molecular flexibility index (Phi) is 40.4. The Morgan fingerprint density at radius 1 is 0.381 bits per heavy atom. The van der Waals surface area contributed by atoms with E-state index in [1.165, 1.54) is 4.90 Å². The summed E-state index contributed by atoms with van der Waals surface area (Å²) in [6, 6.07) is 0.543. The Labute approximate surface area is 637 Å². The summed E-state index contributed by atoms with van der Waals surface area (Å²) < 4.78 is 15.7. The lowest BCUT2D eigenvalue weighted by atomic mass is 9.88. The molecule has 105 heavy (non-hydrogen) atoms. The highest BCUT2D eigenvalue weighted by Crippen LogP contribution is 2.28. The van der Waals surface area contributed by atoms with Crippen LogP contribution in [0, 0.1) is 0 Å². The number of likely N-dealkylation sites (tertiary alicyclic amines) is 5. The second-order valence-corrected chi connectivity index (χ2v) is 36.2. The van der Waals surface area contributed by atoms with Crippen molar-refractivity contribution >= 4 is 47.8 Å². The molecule has 0 aromatic heterocycles. The summed E-state index contributed by atoms with van der Waals surface area (Å²) in [5, 5.41) is 23.9. The number of hydrogen-bond donors (Lipinski definition) is 9. The van der Waals surface area contributed by atoms with Crippen LogP contribution in [0.1, 0.15) is 278 Å². The molecule has 5 saturated heterocycles. The number of nitrogens with zero attached hydrogens (tertiary/aromatic N) is 6. The van der Waals surface area contributed by atoms with Crippen molar-refractivity contribution < 1.29 is 52.6 Å². The number of ether oxygens (including phenoxy) is 3. The molecular weight excluding hydrogens is 1330 g/mol. The molecule has 5 heterocycles. The maximum absolute atomic E-state index is 12.6. The number of carbonyl (C=O) groups is 8. The smallest absolute Gasteiger partial charge is 0.410 e. The SMILES string of the molecule is CC(C)N1CCC(C)(NC(=O)C(C)N(C)C(=O)OC(C)(C)C)CC1.CC(NC(=O)OC(C)(C)C)C(=O)NC1(C)CCN(C(C)C)CC1.CCC(N)C(=O)NC1(C)CCN(C(C)C)CC1.CCC(NC(=O)OC(C)(C)C)C(=O)NC1(C)CCN(C(C)C)CC1.CNC(C)C(=O)NC1(C)CCN(C(C)C)CC1. The number of hydrogen-bond acceptors (Lipinski definition) is 18. The van der Waals surface area contributed by atoms with Crippen LogP contribution >= 0.6 is 0 Å². The third-order valence-corrected chi connectivity index (χ3v) is 21.1. The van der Waals surface area contributed by atoms with Gasteiger partial charge in [-0.05, 0) is 271 Å². The molecule has 0 bridgehead atoms. The lowest BCUT2D eigenvalue weighted by Crippen LogP contribution is -2.58. The van der Waals surface area contributed by atoms with Gasteiger partial charge in [0.1, 0.15) is 34.9 Å². The van der Waals surface area contributed by atoms with Gasteiger partial charge in [-0.15, -0.1) is 0 Å². The van der Waals surface area contributed by atoms with Gasteiger partial charge in [0, 0.05) is 130 Å². The van der Waals surface area contributed by atoms with Gasteiger partial charge >= 0.3 is 18.3 Å². The number of piperidine rings is 5. The van der Waals surface area contributed by atoms with E-state index in [0.717, 1.165) is 130 Å². The average Bonchev–Trinajstić information content (AvgIpc) is 0.850. The van der Waals surface area contributed by atoms with Crippen LogP contribution in [0.15, 0.2) is 0 Å². The first kappa shape index (κ1) is 97.9. The lowest BCUT2D eigenvalue weighted by molar-refractivity contribution is -0.128. The lowest BCUT2D eigenvalue weighted by Gasteiger charge is -2.42. The number of likely N-dealkylation sites (N-methyl/N-ethyl adjacent to an activating group) is 2.